The van der Waals surface area contributed by atoms with E-state index in [-0.39, 0.29) is 12.4 Å². The van der Waals surface area contributed by atoms with Gasteiger partial charge in [0, 0.05) is 37.4 Å². The highest BCUT2D eigenvalue weighted by molar-refractivity contribution is 5.70. The third kappa shape index (κ3) is 6.79. The number of ether oxygens (including phenoxy) is 3. The monoisotopic (exact) mass is 454 g/mol. The molecule has 0 amide bonds. The molecule has 1 unspecified atom stereocenters. The van der Waals surface area contributed by atoms with Crippen molar-refractivity contribution in [1.82, 2.24) is 15.3 Å². The Morgan fingerprint density at radius 2 is 1.88 bits per heavy atom. The first-order chi connectivity index (χ1) is 16.0. The molecule has 0 aliphatic heterocycles. The summed E-state index contributed by atoms with van der Waals surface area (Å²) in [4.78, 5) is 9.39. The molecule has 9 nitrogen and oxygen atoms in total. The highest BCUT2D eigenvalue weighted by Gasteiger charge is 2.12. The van der Waals surface area contributed by atoms with E-state index in [1.165, 1.54) is 7.11 Å². The standard InChI is InChI=1S/C24H30N4O5/c1-25-14-18(29)15-33-19-6-4-5-17(11-19)24-27-20(13-23(28-24)26-9-10-31-2)16-7-8-21(30)22(12-16)32-3/h4-8,11-13,18,25,29-30H,9-10,14-15H2,1-3H3,(H,26,27,28). The number of methoxy groups -OCH3 is 2. The lowest BCUT2D eigenvalue weighted by Crippen LogP contribution is -2.29. The number of aliphatic hydroxyl groups excluding tert-OH is 1. The Morgan fingerprint density at radius 1 is 1.03 bits per heavy atom. The molecule has 0 aliphatic rings. The van der Waals surface area contributed by atoms with Crippen molar-refractivity contribution in [2.24, 2.45) is 0 Å². The van der Waals surface area contributed by atoms with Crippen molar-refractivity contribution in [3.05, 3.63) is 48.5 Å². The number of nitrogens with one attached hydrogen (secondary N) is 2. The summed E-state index contributed by atoms with van der Waals surface area (Å²) >= 11 is 0. The number of aliphatic hydroxyl groups is 1. The summed E-state index contributed by atoms with van der Waals surface area (Å²) in [6.07, 6.45) is -0.612. The Morgan fingerprint density at radius 3 is 2.64 bits per heavy atom. The summed E-state index contributed by atoms with van der Waals surface area (Å²) in [5, 5.41) is 26.0. The number of anilines is 1. The van der Waals surface area contributed by atoms with E-state index in [2.05, 4.69) is 15.6 Å². The molecule has 0 saturated heterocycles. The molecule has 1 heterocycles. The molecule has 0 spiro atoms. The molecule has 3 rings (SSSR count). The molecule has 9 heteroatoms. The minimum absolute atomic E-state index is 0.0549. The zero-order valence-electron chi connectivity index (χ0n) is 19.0. The number of nitrogens with zero attached hydrogens (tertiary/aromatic N) is 2. The van der Waals surface area contributed by atoms with E-state index in [1.807, 2.05) is 30.3 Å². The zero-order valence-corrected chi connectivity index (χ0v) is 19.0. The first kappa shape index (κ1) is 24.2. The van der Waals surface area contributed by atoms with Crippen LogP contribution in [0.4, 0.5) is 5.82 Å². The fourth-order valence-corrected chi connectivity index (χ4v) is 3.14. The molecular weight excluding hydrogens is 424 g/mol. The number of phenols is 1. The van der Waals surface area contributed by atoms with Crippen LogP contribution in [0.25, 0.3) is 22.6 Å². The van der Waals surface area contributed by atoms with Crippen LogP contribution in [0, 0.1) is 0 Å². The molecule has 1 atom stereocenters. The summed E-state index contributed by atoms with van der Waals surface area (Å²) in [6, 6.07) is 14.3. The number of aromatic nitrogens is 2. The van der Waals surface area contributed by atoms with Crippen LogP contribution in [0.2, 0.25) is 0 Å². The normalized spacial score (nSPS) is 11.8. The maximum absolute atomic E-state index is 9.95. The lowest BCUT2D eigenvalue weighted by molar-refractivity contribution is 0.108. The summed E-state index contributed by atoms with van der Waals surface area (Å²) in [7, 11) is 4.91. The van der Waals surface area contributed by atoms with Gasteiger partial charge in [-0.1, -0.05) is 12.1 Å². The molecule has 0 radical (unpaired) electrons. The van der Waals surface area contributed by atoms with Crippen LogP contribution in [0.15, 0.2) is 48.5 Å². The highest BCUT2D eigenvalue weighted by Crippen LogP contribution is 2.32. The average molecular weight is 455 g/mol. The van der Waals surface area contributed by atoms with Crippen molar-refractivity contribution in [1.29, 1.82) is 0 Å². The van der Waals surface area contributed by atoms with Crippen molar-refractivity contribution < 1.29 is 24.4 Å². The third-order valence-electron chi connectivity index (χ3n) is 4.79. The lowest BCUT2D eigenvalue weighted by Gasteiger charge is -2.14. The first-order valence-electron chi connectivity index (χ1n) is 10.6. The van der Waals surface area contributed by atoms with Gasteiger partial charge in [-0.15, -0.1) is 0 Å². The topological polar surface area (TPSA) is 118 Å². The number of likely N-dealkylation sites (N-methyl/N-ethyl adjacent to an activating group) is 1. The van der Waals surface area contributed by atoms with Gasteiger partial charge in [0.15, 0.2) is 17.3 Å². The average Bonchev–Trinajstić information content (AvgIpc) is 2.83. The molecule has 2 aromatic carbocycles. The fraction of sp³-hybridized carbons (Fsp3) is 0.333. The van der Waals surface area contributed by atoms with E-state index in [0.717, 1.165) is 11.1 Å². The molecule has 0 fully saturated rings. The van der Waals surface area contributed by atoms with Crippen LogP contribution in [0.1, 0.15) is 0 Å². The largest absolute Gasteiger partial charge is 0.504 e. The van der Waals surface area contributed by atoms with E-state index in [1.54, 1.807) is 32.4 Å². The van der Waals surface area contributed by atoms with Crippen molar-refractivity contribution in [2.75, 3.05) is 52.9 Å². The second kappa shape index (κ2) is 12.0. The predicted molar refractivity (Wildman–Crippen MR) is 127 cm³/mol. The Bertz CT molecular complexity index is 1050. The van der Waals surface area contributed by atoms with E-state index in [4.69, 9.17) is 19.2 Å². The quantitative estimate of drug-likeness (QED) is 0.306. The maximum atomic E-state index is 9.95. The van der Waals surface area contributed by atoms with Gasteiger partial charge in [-0.05, 0) is 37.4 Å². The van der Waals surface area contributed by atoms with Gasteiger partial charge >= 0.3 is 0 Å². The molecule has 4 N–H and O–H groups in total. The van der Waals surface area contributed by atoms with Gasteiger partial charge in [-0.3, -0.25) is 0 Å². The molecule has 0 aliphatic carbocycles. The maximum Gasteiger partial charge on any atom is 0.162 e. The van der Waals surface area contributed by atoms with E-state index < -0.39 is 6.10 Å². The molecule has 0 saturated carbocycles. The molecular formula is C24H30N4O5. The van der Waals surface area contributed by atoms with Crippen molar-refractivity contribution in [3.8, 4) is 39.9 Å². The fourth-order valence-electron chi connectivity index (χ4n) is 3.14. The molecule has 0 bridgehead atoms. The van der Waals surface area contributed by atoms with Crippen LogP contribution in [0.5, 0.6) is 17.2 Å². The highest BCUT2D eigenvalue weighted by atomic mass is 16.5. The Kier molecular flexibility index (Phi) is 8.82. The molecule has 1 aromatic heterocycles. The number of phenolic OH excluding ortho intramolecular Hbond substituents is 1. The Balaban J connectivity index is 1.94. The zero-order chi connectivity index (χ0) is 23.6. The third-order valence-corrected chi connectivity index (χ3v) is 4.79. The molecule has 3 aromatic rings. The van der Waals surface area contributed by atoms with Crippen LogP contribution in [-0.2, 0) is 4.74 Å². The van der Waals surface area contributed by atoms with E-state index >= 15 is 0 Å². The summed E-state index contributed by atoms with van der Waals surface area (Å²) in [6.45, 7) is 1.72. The predicted octanol–water partition coefficient (Wildman–Crippen LogP) is 2.54. The van der Waals surface area contributed by atoms with Gasteiger partial charge in [-0.25, -0.2) is 9.97 Å². The number of benzene rings is 2. The minimum Gasteiger partial charge on any atom is -0.504 e. The van der Waals surface area contributed by atoms with Gasteiger partial charge in [0.1, 0.15) is 24.3 Å². The van der Waals surface area contributed by atoms with E-state index in [0.29, 0.717) is 48.5 Å². The van der Waals surface area contributed by atoms with Gasteiger partial charge in [0.2, 0.25) is 0 Å². The minimum atomic E-state index is -0.612. The van der Waals surface area contributed by atoms with Crippen LogP contribution < -0.4 is 20.1 Å². The van der Waals surface area contributed by atoms with Crippen molar-refractivity contribution in [2.45, 2.75) is 6.10 Å². The summed E-state index contributed by atoms with van der Waals surface area (Å²) in [5.41, 5.74) is 2.19. The van der Waals surface area contributed by atoms with Gasteiger partial charge in [-0.2, -0.15) is 0 Å². The van der Waals surface area contributed by atoms with Crippen LogP contribution >= 0.6 is 0 Å². The summed E-state index contributed by atoms with van der Waals surface area (Å²) in [5.74, 6) is 2.16. The second-order valence-electron chi connectivity index (χ2n) is 7.32. The second-order valence-corrected chi connectivity index (χ2v) is 7.32. The Hall–Kier alpha value is -3.40. The van der Waals surface area contributed by atoms with Gasteiger partial charge in [0.05, 0.1) is 19.4 Å². The number of rotatable bonds is 12. The van der Waals surface area contributed by atoms with E-state index in [9.17, 15) is 10.2 Å². The number of hydrogen-bond acceptors (Lipinski definition) is 9. The lowest BCUT2D eigenvalue weighted by atomic mass is 10.1. The van der Waals surface area contributed by atoms with Crippen LogP contribution in [-0.4, -0.2) is 73.9 Å². The first-order valence-corrected chi connectivity index (χ1v) is 10.6. The van der Waals surface area contributed by atoms with Gasteiger partial charge in [0.25, 0.3) is 0 Å². The summed E-state index contributed by atoms with van der Waals surface area (Å²) < 4.78 is 16.1. The molecule has 176 valence electrons. The molecule has 33 heavy (non-hydrogen) atoms. The van der Waals surface area contributed by atoms with Crippen molar-refractivity contribution >= 4 is 5.82 Å². The number of aromatic hydroxyl groups is 1. The van der Waals surface area contributed by atoms with Crippen LogP contribution in [0.3, 0.4) is 0 Å². The SMILES string of the molecule is CNCC(O)COc1cccc(-c2nc(NCCOC)cc(-c3ccc(O)c(OC)c3)n2)c1. The Labute approximate surface area is 193 Å². The van der Waals surface area contributed by atoms with Crippen molar-refractivity contribution in [3.63, 3.8) is 0 Å². The number of hydrogen-bond donors (Lipinski definition) is 4. The smallest absolute Gasteiger partial charge is 0.162 e. The van der Waals surface area contributed by atoms with Gasteiger partial charge < -0.3 is 35.1 Å².